The van der Waals surface area contributed by atoms with E-state index in [1.807, 2.05) is 47.4 Å². The highest BCUT2D eigenvalue weighted by atomic mass is 16.5. The van der Waals surface area contributed by atoms with E-state index in [0.29, 0.717) is 19.0 Å². The molecule has 1 saturated heterocycles. The molecule has 1 fully saturated rings. The molecule has 3 rings (SSSR count). The second-order valence-corrected chi connectivity index (χ2v) is 6.20. The SMILES string of the molecule is CC(=O)NCC1CCN(C(=O)COc2cccc3ccccc23)C1. The van der Waals surface area contributed by atoms with Crippen LogP contribution in [-0.4, -0.2) is 43.0 Å². The Bertz CT molecular complexity index is 739. The molecule has 5 nitrogen and oxygen atoms in total. The number of carbonyl (C=O) groups is 2. The smallest absolute Gasteiger partial charge is 0.260 e. The first kappa shape index (κ1) is 16.3. The van der Waals surface area contributed by atoms with Crippen LogP contribution in [0.4, 0.5) is 0 Å². The van der Waals surface area contributed by atoms with E-state index in [1.165, 1.54) is 6.92 Å². The first-order valence-electron chi connectivity index (χ1n) is 8.26. The number of amides is 2. The van der Waals surface area contributed by atoms with Gasteiger partial charge in [-0.05, 0) is 23.8 Å². The number of benzene rings is 2. The molecule has 0 saturated carbocycles. The molecule has 0 bridgehead atoms. The number of hydrogen-bond acceptors (Lipinski definition) is 3. The van der Waals surface area contributed by atoms with Crippen molar-refractivity contribution in [3.8, 4) is 5.75 Å². The van der Waals surface area contributed by atoms with E-state index >= 15 is 0 Å². The second-order valence-electron chi connectivity index (χ2n) is 6.20. The number of hydrogen-bond donors (Lipinski definition) is 1. The van der Waals surface area contributed by atoms with E-state index in [9.17, 15) is 9.59 Å². The molecule has 2 amide bonds. The fourth-order valence-electron chi connectivity index (χ4n) is 3.07. The van der Waals surface area contributed by atoms with Crippen LogP contribution in [0.2, 0.25) is 0 Å². The predicted octanol–water partition coefficient (Wildman–Crippen LogP) is 2.20. The molecule has 0 radical (unpaired) electrons. The number of nitrogens with one attached hydrogen (secondary N) is 1. The van der Waals surface area contributed by atoms with Gasteiger partial charge >= 0.3 is 0 Å². The average molecular weight is 326 g/mol. The van der Waals surface area contributed by atoms with Crippen molar-refractivity contribution in [1.82, 2.24) is 10.2 Å². The molecule has 1 aliphatic heterocycles. The molecule has 1 unspecified atom stereocenters. The Hall–Kier alpha value is -2.56. The Labute approximate surface area is 141 Å². The topological polar surface area (TPSA) is 58.6 Å². The van der Waals surface area contributed by atoms with Gasteiger partial charge in [-0.15, -0.1) is 0 Å². The monoisotopic (exact) mass is 326 g/mol. The molecule has 0 aromatic heterocycles. The summed E-state index contributed by atoms with van der Waals surface area (Å²) >= 11 is 0. The number of likely N-dealkylation sites (tertiary alicyclic amines) is 1. The fraction of sp³-hybridized carbons (Fsp3) is 0.368. The van der Waals surface area contributed by atoms with Gasteiger partial charge in [0.1, 0.15) is 5.75 Å². The zero-order valence-corrected chi connectivity index (χ0v) is 13.8. The predicted molar refractivity (Wildman–Crippen MR) is 92.8 cm³/mol. The summed E-state index contributed by atoms with van der Waals surface area (Å²) in [6.45, 7) is 3.58. The number of ether oxygens (including phenoxy) is 1. The molecular formula is C19H22N2O3. The maximum atomic E-state index is 12.4. The quantitative estimate of drug-likeness (QED) is 0.916. The van der Waals surface area contributed by atoms with Crippen LogP contribution in [0.1, 0.15) is 13.3 Å². The molecule has 1 heterocycles. The van der Waals surface area contributed by atoms with Gasteiger partial charge in [0.05, 0.1) is 0 Å². The van der Waals surface area contributed by atoms with Crippen molar-refractivity contribution in [2.45, 2.75) is 13.3 Å². The molecule has 1 atom stereocenters. The van der Waals surface area contributed by atoms with Crippen molar-refractivity contribution < 1.29 is 14.3 Å². The zero-order valence-electron chi connectivity index (χ0n) is 13.8. The molecular weight excluding hydrogens is 304 g/mol. The van der Waals surface area contributed by atoms with Crippen molar-refractivity contribution in [3.05, 3.63) is 42.5 Å². The van der Waals surface area contributed by atoms with Crippen molar-refractivity contribution in [3.63, 3.8) is 0 Å². The molecule has 0 spiro atoms. The summed E-state index contributed by atoms with van der Waals surface area (Å²) in [4.78, 5) is 25.1. The molecule has 0 aliphatic carbocycles. The standard InChI is InChI=1S/C19H22N2O3/c1-14(22)20-11-15-9-10-21(12-15)19(23)13-24-18-8-4-6-16-5-2-3-7-17(16)18/h2-8,15H,9-13H2,1H3,(H,20,22). The minimum atomic E-state index is -0.0286. The van der Waals surface area contributed by atoms with E-state index in [1.54, 1.807) is 0 Å². The zero-order chi connectivity index (χ0) is 16.9. The molecule has 1 aliphatic rings. The summed E-state index contributed by atoms with van der Waals surface area (Å²) in [5.74, 6) is 1.03. The van der Waals surface area contributed by atoms with Crippen LogP contribution in [0.3, 0.4) is 0 Å². The molecule has 126 valence electrons. The number of fused-ring (bicyclic) bond motifs is 1. The normalized spacial score (nSPS) is 17.0. The van der Waals surface area contributed by atoms with Crippen LogP contribution in [0, 0.1) is 5.92 Å². The largest absolute Gasteiger partial charge is 0.483 e. The lowest BCUT2D eigenvalue weighted by molar-refractivity contribution is -0.132. The maximum Gasteiger partial charge on any atom is 0.260 e. The summed E-state index contributed by atoms with van der Waals surface area (Å²) in [6.07, 6.45) is 0.917. The molecule has 2 aromatic carbocycles. The summed E-state index contributed by atoms with van der Waals surface area (Å²) in [5, 5.41) is 4.92. The third-order valence-corrected chi connectivity index (χ3v) is 4.38. The van der Waals surface area contributed by atoms with E-state index in [2.05, 4.69) is 5.32 Å². The van der Waals surface area contributed by atoms with Crippen molar-refractivity contribution in [2.75, 3.05) is 26.2 Å². The van der Waals surface area contributed by atoms with Crippen LogP contribution >= 0.6 is 0 Å². The third-order valence-electron chi connectivity index (χ3n) is 4.38. The minimum Gasteiger partial charge on any atom is -0.483 e. The lowest BCUT2D eigenvalue weighted by Gasteiger charge is -2.17. The van der Waals surface area contributed by atoms with Gasteiger partial charge in [0, 0.05) is 31.9 Å². The number of rotatable bonds is 5. The van der Waals surface area contributed by atoms with E-state index in [0.717, 1.165) is 29.5 Å². The van der Waals surface area contributed by atoms with Crippen LogP contribution in [0.15, 0.2) is 42.5 Å². The molecule has 2 aromatic rings. The van der Waals surface area contributed by atoms with Crippen molar-refractivity contribution in [2.24, 2.45) is 5.92 Å². The van der Waals surface area contributed by atoms with Gasteiger partial charge in [0.15, 0.2) is 6.61 Å². The second kappa shape index (κ2) is 7.34. The molecule has 24 heavy (non-hydrogen) atoms. The van der Waals surface area contributed by atoms with Gasteiger partial charge in [-0.2, -0.15) is 0 Å². The van der Waals surface area contributed by atoms with Crippen molar-refractivity contribution >= 4 is 22.6 Å². The number of nitrogens with zero attached hydrogens (tertiary/aromatic N) is 1. The van der Waals surface area contributed by atoms with Crippen LogP contribution in [-0.2, 0) is 9.59 Å². The summed E-state index contributed by atoms with van der Waals surface area (Å²) in [5.41, 5.74) is 0. The highest BCUT2D eigenvalue weighted by Crippen LogP contribution is 2.25. The van der Waals surface area contributed by atoms with Gasteiger partial charge in [0.2, 0.25) is 5.91 Å². The summed E-state index contributed by atoms with van der Waals surface area (Å²) < 4.78 is 5.77. The maximum absolute atomic E-state index is 12.4. The van der Waals surface area contributed by atoms with Gasteiger partial charge in [-0.1, -0.05) is 36.4 Å². The Kier molecular flexibility index (Phi) is 4.99. The lowest BCUT2D eigenvalue weighted by Crippen LogP contribution is -2.34. The average Bonchev–Trinajstić information content (AvgIpc) is 3.07. The Balaban J connectivity index is 1.55. The third kappa shape index (κ3) is 3.85. The van der Waals surface area contributed by atoms with E-state index in [-0.39, 0.29) is 18.4 Å². The Morgan fingerprint density at radius 2 is 2.00 bits per heavy atom. The molecule has 5 heteroatoms. The van der Waals surface area contributed by atoms with Crippen LogP contribution in [0.25, 0.3) is 10.8 Å². The first-order valence-corrected chi connectivity index (χ1v) is 8.26. The Morgan fingerprint density at radius 3 is 2.83 bits per heavy atom. The minimum absolute atomic E-state index is 0.00624. The number of carbonyl (C=O) groups excluding carboxylic acids is 2. The first-order chi connectivity index (χ1) is 11.6. The van der Waals surface area contributed by atoms with Crippen LogP contribution < -0.4 is 10.1 Å². The Morgan fingerprint density at radius 1 is 1.21 bits per heavy atom. The lowest BCUT2D eigenvalue weighted by atomic mass is 10.1. The highest BCUT2D eigenvalue weighted by molar-refractivity contribution is 5.88. The summed E-state index contributed by atoms with van der Waals surface area (Å²) in [6, 6.07) is 13.8. The van der Waals surface area contributed by atoms with Crippen molar-refractivity contribution in [1.29, 1.82) is 0 Å². The molecule has 1 N–H and O–H groups in total. The van der Waals surface area contributed by atoms with Gasteiger partial charge in [-0.25, -0.2) is 0 Å². The van der Waals surface area contributed by atoms with Gasteiger partial charge < -0.3 is 15.0 Å². The van der Waals surface area contributed by atoms with Crippen LogP contribution in [0.5, 0.6) is 5.75 Å². The summed E-state index contributed by atoms with van der Waals surface area (Å²) in [7, 11) is 0. The highest BCUT2D eigenvalue weighted by Gasteiger charge is 2.26. The van der Waals surface area contributed by atoms with Gasteiger partial charge in [0.25, 0.3) is 5.91 Å². The fourth-order valence-corrected chi connectivity index (χ4v) is 3.07. The van der Waals surface area contributed by atoms with E-state index < -0.39 is 0 Å². The van der Waals surface area contributed by atoms with Gasteiger partial charge in [-0.3, -0.25) is 9.59 Å². The van der Waals surface area contributed by atoms with E-state index in [4.69, 9.17) is 4.74 Å².